The standard InChI is InChI=1S/C17H19BrO3S/c1-3-21-9-15(16(19)11-4-5-11)17(20)14-7-6-13(18)8-12(14)10-22-2/h6-9,11H,3-5,10H2,1-2H3. The Morgan fingerprint density at radius 1 is 1.41 bits per heavy atom. The minimum atomic E-state index is -0.234. The Kier molecular flexibility index (Phi) is 6.26. The Labute approximate surface area is 143 Å². The predicted molar refractivity (Wildman–Crippen MR) is 93.1 cm³/mol. The number of thioether (sulfide) groups is 1. The highest BCUT2D eigenvalue weighted by atomic mass is 79.9. The number of rotatable bonds is 8. The van der Waals surface area contributed by atoms with Crippen molar-refractivity contribution in [1.29, 1.82) is 0 Å². The Morgan fingerprint density at radius 3 is 2.73 bits per heavy atom. The molecular weight excluding hydrogens is 364 g/mol. The Balaban J connectivity index is 2.35. The second-order valence-electron chi connectivity index (χ2n) is 5.19. The average Bonchev–Trinajstić information content (AvgIpc) is 3.32. The fourth-order valence-corrected chi connectivity index (χ4v) is 3.12. The number of benzene rings is 1. The lowest BCUT2D eigenvalue weighted by Gasteiger charge is -2.11. The van der Waals surface area contributed by atoms with E-state index in [9.17, 15) is 9.59 Å². The minimum absolute atomic E-state index is 0.00453. The van der Waals surface area contributed by atoms with Gasteiger partial charge in [0.05, 0.1) is 12.9 Å². The number of ether oxygens (including phenoxy) is 1. The van der Waals surface area contributed by atoms with Crippen molar-refractivity contribution in [2.75, 3.05) is 12.9 Å². The van der Waals surface area contributed by atoms with Crippen LogP contribution in [-0.4, -0.2) is 24.4 Å². The van der Waals surface area contributed by atoms with E-state index in [0.29, 0.717) is 12.2 Å². The van der Waals surface area contributed by atoms with Gasteiger partial charge in [-0.05, 0) is 49.8 Å². The van der Waals surface area contributed by atoms with E-state index >= 15 is 0 Å². The lowest BCUT2D eigenvalue weighted by Crippen LogP contribution is -2.17. The van der Waals surface area contributed by atoms with Gasteiger partial charge in [-0.3, -0.25) is 9.59 Å². The molecule has 5 heteroatoms. The summed E-state index contributed by atoms with van der Waals surface area (Å²) in [5.41, 5.74) is 1.68. The number of ketones is 2. The molecule has 118 valence electrons. The fourth-order valence-electron chi connectivity index (χ4n) is 2.16. The third-order valence-corrected chi connectivity index (χ3v) is 4.53. The van der Waals surface area contributed by atoms with E-state index in [4.69, 9.17) is 4.74 Å². The molecule has 0 heterocycles. The van der Waals surface area contributed by atoms with Crippen LogP contribution < -0.4 is 0 Å². The van der Waals surface area contributed by atoms with Crippen LogP contribution in [-0.2, 0) is 15.3 Å². The number of Topliss-reactive ketones (excluding diaryl/α,β-unsaturated/α-hetero) is 2. The van der Waals surface area contributed by atoms with E-state index in [2.05, 4.69) is 15.9 Å². The van der Waals surface area contributed by atoms with Crippen LogP contribution in [0.3, 0.4) is 0 Å². The van der Waals surface area contributed by atoms with Crippen molar-refractivity contribution >= 4 is 39.3 Å². The summed E-state index contributed by atoms with van der Waals surface area (Å²) in [6.07, 6.45) is 5.07. The SMILES string of the molecule is CCOC=C(C(=O)c1ccc(Br)cc1CSC)C(=O)C1CC1. The number of carbonyl (C=O) groups is 2. The van der Waals surface area contributed by atoms with Crippen molar-refractivity contribution in [1.82, 2.24) is 0 Å². The van der Waals surface area contributed by atoms with Crippen LogP contribution in [0.15, 0.2) is 34.5 Å². The van der Waals surface area contributed by atoms with Crippen LogP contribution in [0, 0.1) is 5.92 Å². The molecule has 0 aliphatic heterocycles. The maximum absolute atomic E-state index is 12.8. The Hall–Kier alpha value is -1.07. The molecule has 0 aromatic heterocycles. The van der Waals surface area contributed by atoms with Gasteiger partial charge in [0.15, 0.2) is 11.6 Å². The molecule has 0 atom stereocenters. The van der Waals surface area contributed by atoms with E-state index in [-0.39, 0.29) is 23.1 Å². The topological polar surface area (TPSA) is 43.4 Å². The van der Waals surface area contributed by atoms with Gasteiger partial charge in [-0.2, -0.15) is 11.8 Å². The Morgan fingerprint density at radius 2 is 2.14 bits per heavy atom. The van der Waals surface area contributed by atoms with Crippen molar-refractivity contribution in [2.24, 2.45) is 5.92 Å². The maximum atomic E-state index is 12.8. The number of carbonyl (C=O) groups excluding carboxylic acids is 2. The van der Waals surface area contributed by atoms with Crippen LogP contribution in [0.25, 0.3) is 0 Å². The molecule has 1 aliphatic carbocycles. The van der Waals surface area contributed by atoms with Gasteiger partial charge in [0, 0.05) is 21.7 Å². The van der Waals surface area contributed by atoms with Gasteiger partial charge in [0.25, 0.3) is 0 Å². The molecule has 0 amide bonds. The maximum Gasteiger partial charge on any atom is 0.200 e. The number of hydrogen-bond donors (Lipinski definition) is 0. The Bertz CT molecular complexity index is 606. The van der Waals surface area contributed by atoms with E-state index < -0.39 is 0 Å². The molecule has 1 saturated carbocycles. The van der Waals surface area contributed by atoms with Gasteiger partial charge in [0.1, 0.15) is 5.57 Å². The summed E-state index contributed by atoms with van der Waals surface area (Å²) in [5, 5.41) is 0. The smallest absolute Gasteiger partial charge is 0.200 e. The van der Waals surface area contributed by atoms with Gasteiger partial charge in [0.2, 0.25) is 0 Å². The first-order valence-electron chi connectivity index (χ1n) is 7.26. The summed E-state index contributed by atoms with van der Waals surface area (Å²) < 4.78 is 6.17. The van der Waals surface area contributed by atoms with E-state index in [1.807, 2.05) is 25.3 Å². The van der Waals surface area contributed by atoms with Crippen molar-refractivity contribution in [3.63, 3.8) is 0 Å². The molecule has 0 bridgehead atoms. The molecule has 0 spiro atoms. The first-order valence-corrected chi connectivity index (χ1v) is 9.45. The molecule has 2 rings (SSSR count). The fraction of sp³-hybridized carbons (Fsp3) is 0.412. The summed E-state index contributed by atoms with van der Waals surface area (Å²) in [5.74, 6) is 0.397. The van der Waals surface area contributed by atoms with Gasteiger partial charge < -0.3 is 4.74 Å². The highest BCUT2D eigenvalue weighted by Gasteiger charge is 2.35. The third-order valence-electron chi connectivity index (χ3n) is 3.44. The number of hydrogen-bond acceptors (Lipinski definition) is 4. The van der Waals surface area contributed by atoms with Gasteiger partial charge in [-0.15, -0.1) is 0 Å². The molecular formula is C17H19BrO3S. The zero-order valence-corrected chi connectivity index (χ0v) is 15.1. The number of allylic oxidation sites excluding steroid dienone is 1. The molecule has 0 unspecified atom stereocenters. The monoisotopic (exact) mass is 382 g/mol. The van der Waals surface area contributed by atoms with Crippen molar-refractivity contribution < 1.29 is 14.3 Å². The molecule has 3 nitrogen and oxygen atoms in total. The second kappa shape index (κ2) is 7.97. The lowest BCUT2D eigenvalue weighted by atomic mass is 9.95. The van der Waals surface area contributed by atoms with Gasteiger partial charge >= 0.3 is 0 Å². The second-order valence-corrected chi connectivity index (χ2v) is 6.97. The molecule has 1 fully saturated rings. The molecule has 0 saturated heterocycles. The summed E-state index contributed by atoms with van der Waals surface area (Å²) in [7, 11) is 0. The summed E-state index contributed by atoms with van der Waals surface area (Å²) in [6, 6.07) is 5.54. The lowest BCUT2D eigenvalue weighted by molar-refractivity contribution is -0.116. The van der Waals surface area contributed by atoms with Crippen LogP contribution in [0.1, 0.15) is 35.7 Å². The van der Waals surface area contributed by atoms with Crippen molar-refractivity contribution in [3.05, 3.63) is 45.6 Å². The highest BCUT2D eigenvalue weighted by molar-refractivity contribution is 9.10. The van der Waals surface area contributed by atoms with E-state index in [1.54, 1.807) is 17.8 Å². The summed E-state index contributed by atoms with van der Waals surface area (Å²) >= 11 is 5.07. The normalized spacial score (nSPS) is 14.8. The largest absolute Gasteiger partial charge is 0.501 e. The average molecular weight is 383 g/mol. The van der Waals surface area contributed by atoms with Gasteiger partial charge in [-0.1, -0.05) is 15.9 Å². The van der Waals surface area contributed by atoms with Crippen LogP contribution >= 0.6 is 27.7 Å². The molecule has 1 aromatic carbocycles. The molecule has 1 aromatic rings. The van der Waals surface area contributed by atoms with E-state index in [0.717, 1.165) is 28.6 Å². The third kappa shape index (κ3) is 4.23. The zero-order chi connectivity index (χ0) is 16.1. The van der Waals surface area contributed by atoms with Crippen molar-refractivity contribution in [3.8, 4) is 0 Å². The van der Waals surface area contributed by atoms with E-state index in [1.165, 1.54) is 6.26 Å². The molecule has 22 heavy (non-hydrogen) atoms. The first kappa shape index (κ1) is 17.3. The molecule has 1 aliphatic rings. The van der Waals surface area contributed by atoms with Crippen LogP contribution in [0.2, 0.25) is 0 Å². The van der Waals surface area contributed by atoms with Crippen LogP contribution in [0.5, 0.6) is 0 Å². The van der Waals surface area contributed by atoms with Crippen molar-refractivity contribution in [2.45, 2.75) is 25.5 Å². The quantitative estimate of drug-likeness (QED) is 0.220. The minimum Gasteiger partial charge on any atom is -0.501 e. The highest BCUT2D eigenvalue weighted by Crippen LogP contribution is 2.34. The summed E-state index contributed by atoms with van der Waals surface area (Å²) in [6.45, 7) is 2.27. The number of halogens is 1. The van der Waals surface area contributed by atoms with Crippen LogP contribution in [0.4, 0.5) is 0 Å². The molecule has 0 N–H and O–H groups in total. The zero-order valence-electron chi connectivity index (χ0n) is 12.7. The first-order chi connectivity index (χ1) is 10.6. The predicted octanol–water partition coefficient (Wildman–Crippen LogP) is 4.39. The summed E-state index contributed by atoms with van der Waals surface area (Å²) in [4.78, 5) is 25.2. The molecule has 0 radical (unpaired) electrons. The van der Waals surface area contributed by atoms with Gasteiger partial charge in [-0.25, -0.2) is 0 Å².